The number of halogens is 2. The van der Waals surface area contributed by atoms with Gasteiger partial charge in [0.15, 0.2) is 6.61 Å². The van der Waals surface area contributed by atoms with Crippen LogP contribution in [-0.4, -0.2) is 24.7 Å². The highest BCUT2D eigenvalue weighted by Gasteiger charge is 2.16. The van der Waals surface area contributed by atoms with Crippen molar-refractivity contribution in [2.45, 2.75) is 0 Å². The largest absolute Gasteiger partial charge is 0.482 e. The lowest BCUT2D eigenvalue weighted by molar-refractivity contribution is -0.123. The zero-order chi connectivity index (χ0) is 23.9. The van der Waals surface area contributed by atoms with Gasteiger partial charge in [-0.05, 0) is 41.1 Å². The van der Waals surface area contributed by atoms with Crippen molar-refractivity contribution in [3.05, 3.63) is 106 Å². The van der Waals surface area contributed by atoms with Crippen LogP contribution < -0.4 is 14.9 Å². The molecule has 0 aromatic heterocycles. The Hall–Kier alpha value is -3.87. The zero-order valence-corrected chi connectivity index (χ0v) is 19.2. The molecule has 1 N–H and O–H groups in total. The van der Waals surface area contributed by atoms with Gasteiger partial charge in [0, 0.05) is 5.56 Å². The summed E-state index contributed by atoms with van der Waals surface area (Å²) in [7, 11) is 0. The Morgan fingerprint density at radius 1 is 0.824 bits per heavy atom. The van der Waals surface area contributed by atoms with E-state index in [-0.39, 0.29) is 22.9 Å². The minimum Gasteiger partial charge on any atom is -0.482 e. The van der Waals surface area contributed by atoms with Crippen molar-refractivity contribution in [1.82, 2.24) is 5.43 Å². The van der Waals surface area contributed by atoms with E-state index >= 15 is 0 Å². The molecule has 8 heteroatoms. The standard InChI is InChI=1S/C26H18Cl2N2O4/c27-21-10-4-3-9-19(21)26(32)34-23-14-13-17-7-1-2-8-18(17)20(23)15-29-30-25(31)16-33-24-12-6-5-11-22(24)28/h1-15H,16H2,(H,30,31)/b29-15-. The highest BCUT2D eigenvalue weighted by molar-refractivity contribution is 6.33. The average Bonchev–Trinajstić information content (AvgIpc) is 2.85. The Labute approximate surface area is 205 Å². The molecule has 0 saturated heterocycles. The van der Waals surface area contributed by atoms with Crippen molar-refractivity contribution in [2.75, 3.05) is 6.61 Å². The molecule has 4 aromatic carbocycles. The number of hydrazone groups is 1. The molecule has 34 heavy (non-hydrogen) atoms. The third-order valence-corrected chi connectivity index (χ3v) is 5.45. The number of hydrogen-bond donors (Lipinski definition) is 1. The summed E-state index contributed by atoms with van der Waals surface area (Å²) in [5, 5.41) is 6.42. The molecule has 170 valence electrons. The number of fused-ring (bicyclic) bond motifs is 1. The van der Waals surface area contributed by atoms with Gasteiger partial charge in [0.1, 0.15) is 11.5 Å². The molecule has 4 rings (SSSR count). The lowest BCUT2D eigenvalue weighted by atomic mass is 10.0. The minimum absolute atomic E-state index is 0.241. The summed E-state index contributed by atoms with van der Waals surface area (Å²) in [4.78, 5) is 24.9. The van der Waals surface area contributed by atoms with E-state index in [2.05, 4.69) is 10.5 Å². The maximum Gasteiger partial charge on any atom is 0.345 e. The number of nitrogens with one attached hydrogen (secondary N) is 1. The fraction of sp³-hybridized carbons (Fsp3) is 0.0385. The summed E-state index contributed by atoms with van der Waals surface area (Å²) >= 11 is 12.2. The average molecular weight is 493 g/mol. The molecule has 0 unspecified atom stereocenters. The summed E-state index contributed by atoms with van der Waals surface area (Å²) in [5.74, 6) is -0.418. The molecule has 0 aliphatic carbocycles. The molecule has 0 aliphatic rings. The first-order valence-corrected chi connectivity index (χ1v) is 11.0. The van der Waals surface area contributed by atoms with Crippen LogP contribution in [0, 0.1) is 0 Å². The number of ether oxygens (including phenoxy) is 2. The van der Waals surface area contributed by atoms with Crippen LogP contribution in [0.2, 0.25) is 10.0 Å². The van der Waals surface area contributed by atoms with Crippen LogP contribution in [0.25, 0.3) is 10.8 Å². The number of hydrogen-bond acceptors (Lipinski definition) is 5. The van der Waals surface area contributed by atoms with Crippen molar-refractivity contribution in [3.8, 4) is 11.5 Å². The van der Waals surface area contributed by atoms with E-state index in [4.69, 9.17) is 32.7 Å². The van der Waals surface area contributed by atoms with Crippen molar-refractivity contribution in [1.29, 1.82) is 0 Å². The highest BCUT2D eigenvalue weighted by Crippen LogP contribution is 2.28. The smallest absolute Gasteiger partial charge is 0.345 e. The number of esters is 1. The Bertz CT molecular complexity index is 1390. The Balaban J connectivity index is 1.53. The Morgan fingerprint density at radius 3 is 2.32 bits per heavy atom. The third-order valence-electron chi connectivity index (χ3n) is 4.81. The van der Waals surface area contributed by atoms with Crippen LogP contribution in [0.15, 0.2) is 90.0 Å². The van der Waals surface area contributed by atoms with Gasteiger partial charge in [0.25, 0.3) is 5.91 Å². The number of carbonyl (C=O) groups is 2. The van der Waals surface area contributed by atoms with E-state index in [1.165, 1.54) is 6.21 Å². The predicted molar refractivity (Wildman–Crippen MR) is 133 cm³/mol. The van der Waals surface area contributed by atoms with E-state index in [9.17, 15) is 9.59 Å². The first-order chi connectivity index (χ1) is 16.5. The van der Waals surface area contributed by atoms with Gasteiger partial charge in [-0.25, -0.2) is 10.2 Å². The first-order valence-electron chi connectivity index (χ1n) is 10.2. The van der Waals surface area contributed by atoms with Crippen LogP contribution in [0.5, 0.6) is 11.5 Å². The summed E-state index contributed by atoms with van der Waals surface area (Å²) in [5.41, 5.74) is 3.17. The molecule has 0 aliphatic heterocycles. The number of benzene rings is 4. The van der Waals surface area contributed by atoms with Gasteiger partial charge in [0.05, 0.1) is 21.8 Å². The second-order valence-corrected chi connectivity index (χ2v) is 7.89. The van der Waals surface area contributed by atoms with Gasteiger partial charge < -0.3 is 9.47 Å². The molecule has 0 spiro atoms. The Kier molecular flexibility index (Phi) is 7.42. The molecule has 0 saturated carbocycles. The summed E-state index contributed by atoms with van der Waals surface area (Å²) in [6.07, 6.45) is 1.42. The second kappa shape index (κ2) is 10.8. The van der Waals surface area contributed by atoms with Crippen molar-refractivity contribution in [3.63, 3.8) is 0 Å². The zero-order valence-electron chi connectivity index (χ0n) is 17.7. The van der Waals surface area contributed by atoms with Crippen molar-refractivity contribution in [2.24, 2.45) is 5.10 Å². The molecule has 1 amide bonds. The van der Waals surface area contributed by atoms with Crippen LogP contribution in [0.1, 0.15) is 15.9 Å². The van der Waals surface area contributed by atoms with Gasteiger partial charge in [-0.2, -0.15) is 5.10 Å². The SMILES string of the molecule is O=C(COc1ccccc1Cl)N/N=C\c1c(OC(=O)c2ccccc2Cl)ccc2ccccc12. The number of nitrogens with zero attached hydrogens (tertiary/aromatic N) is 1. The monoisotopic (exact) mass is 492 g/mol. The lowest BCUT2D eigenvalue weighted by Gasteiger charge is -2.11. The van der Waals surface area contributed by atoms with Gasteiger partial charge in [-0.1, -0.05) is 77.8 Å². The quantitative estimate of drug-likeness (QED) is 0.151. The fourth-order valence-electron chi connectivity index (χ4n) is 3.19. The molecule has 4 aromatic rings. The van der Waals surface area contributed by atoms with E-state index in [1.807, 2.05) is 30.3 Å². The summed E-state index contributed by atoms with van der Waals surface area (Å²) in [6.45, 7) is -0.273. The molecular weight excluding hydrogens is 475 g/mol. The maximum atomic E-state index is 12.7. The molecule has 6 nitrogen and oxygen atoms in total. The van der Waals surface area contributed by atoms with Gasteiger partial charge >= 0.3 is 5.97 Å². The molecule has 0 radical (unpaired) electrons. The molecule has 0 atom stereocenters. The van der Waals surface area contributed by atoms with Gasteiger partial charge in [-0.3, -0.25) is 4.79 Å². The topological polar surface area (TPSA) is 77.0 Å². The Morgan fingerprint density at radius 2 is 1.53 bits per heavy atom. The molecule has 0 bridgehead atoms. The predicted octanol–water partition coefficient (Wildman–Crippen LogP) is 5.89. The number of para-hydroxylation sites is 1. The number of rotatable bonds is 7. The lowest BCUT2D eigenvalue weighted by Crippen LogP contribution is -2.24. The van der Waals surface area contributed by atoms with Crippen LogP contribution in [0.3, 0.4) is 0 Å². The van der Waals surface area contributed by atoms with Crippen LogP contribution >= 0.6 is 23.2 Å². The van der Waals surface area contributed by atoms with E-state index in [1.54, 1.807) is 54.6 Å². The highest BCUT2D eigenvalue weighted by atomic mass is 35.5. The van der Waals surface area contributed by atoms with Crippen molar-refractivity contribution >= 4 is 52.1 Å². The summed E-state index contributed by atoms with van der Waals surface area (Å²) in [6, 6.07) is 24.5. The van der Waals surface area contributed by atoms with Crippen molar-refractivity contribution < 1.29 is 19.1 Å². The van der Waals surface area contributed by atoms with Crippen LogP contribution in [0.4, 0.5) is 0 Å². The molecule has 0 fully saturated rings. The number of carbonyl (C=O) groups excluding carboxylic acids is 2. The van der Waals surface area contributed by atoms with E-state index in [0.29, 0.717) is 16.3 Å². The minimum atomic E-state index is -0.604. The van der Waals surface area contributed by atoms with Crippen LogP contribution in [-0.2, 0) is 4.79 Å². The number of amides is 1. The third kappa shape index (κ3) is 5.54. The van der Waals surface area contributed by atoms with Gasteiger partial charge in [0.2, 0.25) is 0 Å². The van der Waals surface area contributed by atoms with E-state index < -0.39 is 11.9 Å². The normalized spacial score (nSPS) is 10.9. The molecule has 0 heterocycles. The second-order valence-electron chi connectivity index (χ2n) is 7.08. The van der Waals surface area contributed by atoms with E-state index in [0.717, 1.165) is 10.8 Å². The summed E-state index contributed by atoms with van der Waals surface area (Å²) < 4.78 is 11.0. The fourth-order valence-corrected chi connectivity index (χ4v) is 3.59. The molecular formula is C26H18Cl2N2O4. The van der Waals surface area contributed by atoms with Gasteiger partial charge in [-0.15, -0.1) is 0 Å². The first kappa shape index (κ1) is 23.3. The maximum absolute atomic E-state index is 12.7.